The van der Waals surface area contributed by atoms with E-state index in [1.165, 1.54) is 101 Å². The van der Waals surface area contributed by atoms with Crippen molar-refractivity contribution in [3.63, 3.8) is 0 Å². The van der Waals surface area contributed by atoms with Gasteiger partial charge in [0.15, 0.2) is 0 Å². The second-order valence-corrected chi connectivity index (χ2v) is 10.6. The average molecular weight is 387 g/mol. The number of phenols is 1. The van der Waals surface area contributed by atoms with Gasteiger partial charge in [-0.05, 0) is 85.5 Å². The van der Waals surface area contributed by atoms with Gasteiger partial charge in [0, 0.05) is 0 Å². The minimum absolute atomic E-state index is 0.432. The quantitative estimate of drug-likeness (QED) is 0.299. The molecule has 0 atom stereocenters. The molecule has 0 bridgehead atoms. The molecule has 28 heavy (non-hydrogen) atoms. The topological polar surface area (TPSA) is 20.2 Å². The Balaban J connectivity index is 1.63. The molecule has 1 aliphatic rings. The molecule has 0 aliphatic heterocycles. The van der Waals surface area contributed by atoms with Crippen molar-refractivity contribution in [1.82, 2.24) is 0 Å². The minimum Gasteiger partial charge on any atom is -0.508 e. The molecule has 0 spiro atoms. The third-order valence-electron chi connectivity index (χ3n) is 7.28. The Bertz CT molecular complexity index is 568. The van der Waals surface area contributed by atoms with E-state index in [2.05, 4.69) is 33.8 Å². The van der Waals surface area contributed by atoms with Crippen molar-refractivity contribution in [3.05, 3.63) is 29.3 Å². The van der Waals surface area contributed by atoms with Gasteiger partial charge in [0.2, 0.25) is 0 Å². The summed E-state index contributed by atoms with van der Waals surface area (Å²) in [6, 6.07) is 6.06. The van der Waals surface area contributed by atoms with Gasteiger partial charge in [-0.15, -0.1) is 0 Å². The molecule has 1 fully saturated rings. The summed E-state index contributed by atoms with van der Waals surface area (Å²) in [5.74, 6) is 0.432. The minimum atomic E-state index is 0.432. The smallest absolute Gasteiger partial charge is 0.115 e. The Morgan fingerprint density at radius 1 is 0.857 bits per heavy atom. The fourth-order valence-electron chi connectivity index (χ4n) is 4.22. The zero-order valence-corrected chi connectivity index (χ0v) is 19.3. The van der Waals surface area contributed by atoms with E-state index in [4.69, 9.17) is 0 Å². The van der Waals surface area contributed by atoms with Crippen molar-refractivity contribution in [2.45, 2.75) is 124 Å². The highest BCUT2D eigenvalue weighted by atomic mass is 16.3. The number of rotatable bonds is 15. The zero-order valence-electron chi connectivity index (χ0n) is 19.3. The predicted molar refractivity (Wildman–Crippen MR) is 123 cm³/mol. The SMILES string of the molecule is CCC(C)(C)CCCCCCc1cc(O)ccc1CCCCCCC1(C)CC1. The molecule has 160 valence electrons. The van der Waals surface area contributed by atoms with Crippen LogP contribution < -0.4 is 0 Å². The summed E-state index contributed by atoms with van der Waals surface area (Å²) in [5, 5.41) is 9.92. The second kappa shape index (κ2) is 11.3. The van der Waals surface area contributed by atoms with Crippen LogP contribution in [-0.4, -0.2) is 5.11 Å². The number of hydrogen-bond donors (Lipinski definition) is 1. The lowest BCUT2D eigenvalue weighted by molar-refractivity contribution is 0.307. The first-order chi connectivity index (χ1) is 13.3. The Hall–Kier alpha value is -0.980. The van der Waals surface area contributed by atoms with Gasteiger partial charge in [0.05, 0.1) is 0 Å². The Morgan fingerprint density at radius 3 is 2.11 bits per heavy atom. The molecule has 0 aromatic heterocycles. The molecule has 1 nitrogen and oxygen atoms in total. The van der Waals surface area contributed by atoms with E-state index < -0.39 is 0 Å². The highest BCUT2D eigenvalue weighted by Crippen LogP contribution is 2.49. The molecule has 1 aliphatic carbocycles. The van der Waals surface area contributed by atoms with Crippen LogP contribution >= 0.6 is 0 Å². The average Bonchev–Trinajstić information content (AvgIpc) is 3.39. The first-order valence-electron chi connectivity index (χ1n) is 12.1. The van der Waals surface area contributed by atoms with Crippen molar-refractivity contribution in [2.24, 2.45) is 10.8 Å². The first-order valence-corrected chi connectivity index (χ1v) is 12.1. The van der Waals surface area contributed by atoms with E-state index in [0.29, 0.717) is 11.2 Å². The highest BCUT2D eigenvalue weighted by molar-refractivity contribution is 5.35. The maximum absolute atomic E-state index is 9.92. The van der Waals surface area contributed by atoms with Gasteiger partial charge in [-0.3, -0.25) is 0 Å². The first kappa shape index (κ1) is 23.3. The van der Waals surface area contributed by atoms with E-state index in [1.54, 1.807) is 0 Å². The van der Waals surface area contributed by atoms with Gasteiger partial charge in [0.25, 0.3) is 0 Å². The van der Waals surface area contributed by atoms with Crippen LogP contribution in [0, 0.1) is 10.8 Å². The molecule has 1 N–H and O–H groups in total. The molecule has 1 heteroatoms. The summed E-state index contributed by atoms with van der Waals surface area (Å²) in [7, 11) is 0. The molecule has 0 unspecified atom stereocenters. The van der Waals surface area contributed by atoms with Crippen molar-refractivity contribution in [1.29, 1.82) is 0 Å². The van der Waals surface area contributed by atoms with Crippen molar-refractivity contribution in [2.75, 3.05) is 0 Å². The lowest BCUT2D eigenvalue weighted by Gasteiger charge is -2.22. The van der Waals surface area contributed by atoms with Gasteiger partial charge in [-0.2, -0.15) is 0 Å². The fourth-order valence-corrected chi connectivity index (χ4v) is 4.22. The monoisotopic (exact) mass is 386 g/mol. The summed E-state index contributed by atoms with van der Waals surface area (Å²) in [6.45, 7) is 9.52. The van der Waals surface area contributed by atoms with Crippen LogP contribution in [0.3, 0.4) is 0 Å². The van der Waals surface area contributed by atoms with Crippen LogP contribution in [0.25, 0.3) is 0 Å². The fraction of sp³-hybridized carbons (Fsp3) is 0.778. The summed E-state index contributed by atoms with van der Waals surface area (Å²) in [6.07, 6.45) is 20.0. The van der Waals surface area contributed by atoms with Crippen molar-refractivity contribution < 1.29 is 5.11 Å². The van der Waals surface area contributed by atoms with Gasteiger partial charge < -0.3 is 5.11 Å². The number of aromatic hydroxyl groups is 1. The van der Waals surface area contributed by atoms with Crippen LogP contribution in [0.5, 0.6) is 5.75 Å². The summed E-state index contributed by atoms with van der Waals surface area (Å²) in [5.41, 5.74) is 4.09. The van der Waals surface area contributed by atoms with Crippen LogP contribution in [0.15, 0.2) is 18.2 Å². The highest BCUT2D eigenvalue weighted by Gasteiger charge is 2.35. The maximum atomic E-state index is 9.92. The number of hydrogen-bond acceptors (Lipinski definition) is 1. The van der Waals surface area contributed by atoms with E-state index in [1.807, 2.05) is 12.1 Å². The Labute approximate surface area is 175 Å². The van der Waals surface area contributed by atoms with Crippen LogP contribution in [0.4, 0.5) is 0 Å². The standard InChI is InChI=1S/C27H46O/c1-5-26(2,3)18-12-8-6-11-15-24-22-25(28)17-16-23(24)14-10-7-9-13-19-27(4)20-21-27/h16-17,22,28H,5-15,18-21H2,1-4H3. The maximum Gasteiger partial charge on any atom is 0.115 e. The summed E-state index contributed by atoms with van der Waals surface area (Å²) in [4.78, 5) is 0. The van der Waals surface area contributed by atoms with E-state index in [0.717, 1.165) is 11.8 Å². The van der Waals surface area contributed by atoms with E-state index in [9.17, 15) is 5.11 Å². The molecule has 0 heterocycles. The van der Waals surface area contributed by atoms with Crippen LogP contribution in [0.1, 0.15) is 122 Å². The van der Waals surface area contributed by atoms with Crippen molar-refractivity contribution in [3.8, 4) is 5.75 Å². The van der Waals surface area contributed by atoms with Gasteiger partial charge in [0.1, 0.15) is 5.75 Å². The number of benzene rings is 1. The third kappa shape index (κ3) is 9.01. The van der Waals surface area contributed by atoms with Crippen LogP contribution in [0.2, 0.25) is 0 Å². The number of unbranched alkanes of at least 4 members (excludes halogenated alkanes) is 6. The van der Waals surface area contributed by atoms with Crippen molar-refractivity contribution >= 4 is 0 Å². The molecule has 2 rings (SSSR count). The van der Waals surface area contributed by atoms with Gasteiger partial charge in [-0.1, -0.05) is 78.7 Å². The Kier molecular flexibility index (Phi) is 9.38. The van der Waals surface area contributed by atoms with Crippen LogP contribution in [-0.2, 0) is 12.8 Å². The molecule has 0 saturated heterocycles. The molecule has 1 aromatic rings. The molecule has 0 radical (unpaired) electrons. The lowest BCUT2D eigenvalue weighted by Crippen LogP contribution is -2.08. The zero-order chi connectivity index (χ0) is 20.5. The summed E-state index contributed by atoms with van der Waals surface area (Å²) < 4.78 is 0. The Morgan fingerprint density at radius 2 is 1.46 bits per heavy atom. The number of phenolic OH excluding ortho intramolecular Hbond substituents is 1. The normalized spacial score (nSPS) is 15.7. The third-order valence-corrected chi connectivity index (χ3v) is 7.28. The molecular formula is C27H46O. The molecule has 1 saturated carbocycles. The van der Waals surface area contributed by atoms with Gasteiger partial charge >= 0.3 is 0 Å². The van der Waals surface area contributed by atoms with E-state index in [-0.39, 0.29) is 0 Å². The second-order valence-electron chi connectivity index (χ2n) is 10.6. The summed E-state index contributed by atoms with van der Waals surface area (Å²) >= 11 is 0. The molecule has 0 amide bonds. The lowest BCUT2D eigenvalue weighted by atomic mass is 9.84. The number of aryl methyl sites for hydroxylation is 2. The molecular weight excluding hydrogens is 340 g/mol. The predicted octanol–water partition coefficient (Wildman–Crippen LogP) is 8.61. The largest absolute Gasteiger partial charge is 0.508 e. The van der Waals surface area contributed by atoms with E-state index >= 15 is 0 Å². The molecule has 1 aromatic carbocycles. The van der Waals surface area contributed by atoms with Gasteiger partial charge in [-0.25, -0.2) is 0 Å².